The zero-order chi connectivity index (χ0) is 25.2. The van der Waals surface area contributed by atoms with Crippen molar-refractivity contribution in [1.29, 1.82) is 0 Å². The SMILES string of the molecule is CC(CC(=O)Nc1ccc(OCc2ccccc2)cc1)=NNC(=O)C(=O)Nc1ccc(C)c(Cl)c1. The number of aryl methyl sites for hydroxylation is 1. The van der Waals surface area contributed by atoms with E-state index in [0.717, 1.165) is 11.1 Å². The van der Waals surface area contributed by atoms with Crippen LogP contribution in [0.1, 0.15) is 24.5 Å². The van der Waals surface area contributed by atoms with Crippen LogP contribution in [0.4, 0.5) is 11.4 Å². The van der Waals surface area contributed by atoms with Gasteiger partial charge in [0.2, 0.25) is 5.91 Å². The number of hydrazone groups is 1. The van der Waals surface area contributed by atoms with E-state index in [4.69, 9.17) is 16.3 Å². The van der Waals surface area contributed by atoms with Crippen LogP contribution >= 0.6 is 11.6 Å². The van der Waals surface area contributed by atoms with E-state index in [2.05, 4.69) is 21.2 Å². The van der Waals surface area contributed by atoms with Crippen molar-refractivity contribution in [2.45, 2.75) is 26.9 Å². The molecular formula is C26H25ClN4O4. The Morgan fingerprint density at radius 1 is 0.886 bits per heavy atom. The molecular weight excluding hydrogens is 468 g/mol. The van der Waals surface area contributed by atoms with Crippen LogP contribution in [-0.4, -0.2) is 23.4 Å². The fraction of sp³-hybridized carbons (Fsp3) is 0.154. The normalized spacial score (nSPS) is 10.9. The average Bonchev–Trinajstić information content (AvgIpc) is 2.85. The van der Waals surface area contributed by atoms with Gasteiger partial charge in [-0.15, -0.1) is 0 Å². The zero-order valence-electron chi connectivity index (χ0n) is 19.3. The van der Waals surface area contributed by atoms with Gasteiger partial charge in [-0.2, -0.15) is 5.10 Å². The molecule has 3 N–H and O–H groups in total. The van der Waals surface area contributed by atoms with Gasteiger partial charge in [-0.1, -0.05) is 48.0 Å². The third-order valence-corrected chi connectivity index (χ3v) is 5.19. The van der Waals surface area contributed by atoms with Gasteiger partial charge in [0.05, 0.1) is 6.42 Å². The van der Waals surface area contributed by atoms with Gasteiger partial charge in [0.15, 0.2) is 0 Å². The van der Waals surface area contributed by atoms with E-state index in [9.17, 15) is 14.4 Å². The molecule has 35 heavy (non-hydrogen) atoms. The highest BCUT2D eigenvalue weighted by molar-refractivity contribution is 6.40. The lowest BCUT2D eigenvalue weighted by Crippen LogP contribution is -2.33. The molecule has 180 valence electrons. The smallest absolute Gasteiger partial charge is 0.329 e. The molecule has 0 saturated heterocycles. The average molecular weight is 493 g/mol. The largest absolute Gasteiger partial charge is 0.489 e. The first-order valence-corrected chi connectivity index (χ1v) is 11.2. The van der Waals surface area contributed by atoms with Crippen LogP contribution in [0.5, 0.6) is 5.75 Å². The van der Waals surface area contributed by atoms with Crippen LogP contribution in [-0.2, 0) is 21.0 Å². The number of halogens is 1. The Bertz CT molecular complexity index is 1230. The summed E-state index contributed by atoms with van der Waals surface area (Å²) in [6, 6.07) is 21.7. The maximum absolute atomic E-state index is 12.3. The Morgan fingerprint density at radius 3 is 2.26 bits per heavy atom. The summed E-state index contributed by atoms with van der Waals surface area (Å²) in [6.45, 7) is 3.84. The molecule has 0 heterocycles. The minimum Gasteiger partial charge on any atom is -0.489 e. The van der Waals surface area contributed by atoms with Crippen molar-refractivity contribution in [3.63, 3.8) is 0 Å². The van der Waals surface area contributed by atoms with Gasteiger partial charge < -0.3 is 15.4 Å². The van der Waals surface area contributed by atoms with Crippen molar-refractivity contribution < 1.29 is 19.1 Å². The second kappa shape index (κ2) is 12.3. The van der Waals surface area contributed by atoms with Crippen molar-refractivity contribution in [2.75, 3.05) is 10.6 Å². The summed E-state index contributed by atoms with van der Waals surface area (Å²) in [5, 5.41) is 9.47. The minimum atomic E-state index is -0.965. The molecule has 0 fully saturated rings. The highest BCUT2D eigenvalue weighted by atomic mass is 35.5. The predicted octanol–water partition coefficient (Wildman–Crippen LogP) is 4.69. The molecule has 0 bridgehead atoms. The molecule has 0 aliphatic heterocycles. The third-order valence-electron chi connectivity index (χ3n) is 4.79. The molecule has 0 aromatic heterocycles. The van der Waals surface area contributed by atoms with Crippen LogP contribution in [0, 0.1) is 6.92 Å². The van der Waals surface area contributed by atoms with Gasteiger partial charge in [-0.3, -0.25) is 14.4 Å². The Morgan fingerprint density at radius 2 is 1.57 bits per heavy atom. The molecule has 0 saturated carbocycles. The van der Waals surface area contributed by atoms with E-state index in [-0.39, 0.29) is 12.3 Å². The summed E-state index contributed by atoms with van der Waals surface area (Å²) in [4.78, 5) is 36.3. The molecule has 8 nitrogen and oxygen atoms in total. The van der Waals surface area contributed by atoms with Gasteiger partial charge in [-0.25, -0.2) is 5.43 Å². The lowest BCUT2D eigenvalue weighted by Gasteiger charge is -2.09. The van der Waals surface area contributed by atoms with Crippen molar-refractivity contribution in [3.8, 4) is 5.75 Å². The number of amides is 3. The first-order chi connectivity index (χ1) is 16.8. The van der Waals surface area contributed by atoms with Crippen LogP contribution in [0.2, 0.25) is 5.02 Å². The summed E-state index contributed by atoms with van der Waals surface area (Å²) < 4.78 is 5.73. The number of nitrogens with one attached hydrogen (secondary N) is 3. The van der Waals surface area contributed by atoms with Crippen molar-refractivity contribution in [1.82, 2.24) is 5.43 Å². The van der Waals surface area contributed by atoms with E-state index >= 15 is 0 Å². The molecule has 0 radical (unpaired) electrons. The number of ether oxygens (including phenoxy) is 1. The molecule has 3 aromatic rings. The molecule has 3 rings (SSSR count). The summed E-state index contributed by atoms with van der Waals surface area (Å²) in [7, 11) is 0. The maximum Gasteiger partial charge on any atom is 0.329 e. The first kappa shape index (κ1) is 25.5. The molecule has 0 spiro atoms. The maximum atomic E-state index is 12.3. The van der Waals surface area contributed by atoms with E-state index in [1.165, 1.54) is 0 Å². The topological polar surface area (TPSA) is 109 Å². The van der Waals surface area contributed by atoms with Gasteiger partial charge in [0, 0.05) is 22.1 Å². The van der Waals surface area contributed by atoms with Gasteiger partial charge >= 0.3 is 11.8 Å². The van der Waals surface area contributed by atoms with Gasteiger partial charge in [0.25, 0.3) is 0 Å². The molecule has 3 amide bonds. The van der Waals surface area contributed by atoms with Crippen LogP contribution < -0.4 is 20.8 Å². The van der Waals surface area contributed by atoms with E-state index in [1.807, 2.05) is 37.3 Å². The number of rotatable bonds is 8. The number of benzene rings is 3. The summed E-state index contributed by atoms with van der Waals surface area (Å²) in [5.41, 5.74) is 5.35. The monoisotopic (exact) mass is 492 g/mol. The molecule has 3 aromatic carbocycles. The number of carbonyl (C=O) groups excluding carboxylic acids is 3. The van der Waals surface area contributed by atoms with Gasteiger partial charge in [0.1, 0.15) is 12.4 Å². The summed E-state index contributed by atoms with van der Waals surface area (Å²) in [6.07, 6.45) is -0.0677. The standard InChI is InChI=1S/C26H25ClN4O4/c1-17-8-9-21(15-23(17)27)29-25(33)26(34)31-30-18(2)14-24(32)28-20-10-12-22(13-11-20)35-16-19-6-4-3-5-7-19/h3-13,15H,14,16H2,1-2H3,(H,28,32)(H,29,33)(H,31,34). The number of carbonyl (C=O) groups is 3. The lowest BCUT2D eigenvalue weighted by molar-refractivity contribution is -0.136. The number of hydrogen-bond donors (Lipinski definition) is 3. The fourth-order valence-electron chi connectivity index (χ4n) is 2.91. The van der Waals surface area contributed by atoms with Crippen LogP contribution in [0.25, 0.3) is 0 Å². The summed E-state index contributed by atoms with van der Waals surface area (Å²) >= 11 is 6.01. The van der Waals surface area contributed by atoms with Crippen molar-refractivity contribution in [3.05, 3.63) is 88.9 Å². The Balaban J connectivity index is 1.43. The van der Waals surface area contributed by atoms with E-state index < -0.39 is 11.8 Å². The number of hydrogen-bond acceptors (Lipinski definition) is 5. The third kappa shape index (κ3) is 8.28. The zero-order valence-corrected chi connectivity index (χ0v) is 20.1. The quantitative estimate of drug-likeness (QED) is 0.241. The molecule has 9 heteroatoms. The van der Waals surface area contributed by atoms with Crippen molar-refractivity contribution in [2.24, 2.45) is 5.10 Å². The second-order valence-corrected chi connectivity index (χ2v) is 8.14. The number of anilines is 2. The van der Waals surface area contributed by atoms with Crippen molar-refractivity contribution >= 4 is 46.4 Å². The van der Waals surface area contributed by atoms with Crippen LogP contribution in [0.15, 0.2) is 77.9 Å². The highest BCUT2D eigenvalue weighted by Crippen LogP contribution is 2.20. The van der Waals surface area contributed by atoms with Crippen LogP contribution in [0.3, 0.4) is 0 Å². The predicted molar refractivity (Wildman–Crippen MR) is 137 cm³/mol. The van der Waals surface area contributed by atoms with E-state index in [0.29, 0.717) is 34.5 Å². The first-order valence-electron chi connectivity index (χ1n) is 10.8. The minimum absolute atomic E-state index is 0.0677. The molecule has 0 aliphatic rings. The molecule has 0 atom stereocenters. The number of nitrogens with zero attached hydrogens (tertiary/aromatic N) is 1. The Kier molecular flexibility index (Phi) is 8.97. The fourth-order valence-corrected chi connectivity index (χ4v) is 3.09. The van der Waals surface area contributed by atoms with E-state index in [1.54, 1.807) is 49.4 Å². The molecule has 0 aliphatic carbocycles. The highest BCUT2D eigenvalue weighted by Gasteiger charge is 2.14. The Hall–Kier alpha value is -4.17. The van der Waals surface area contributed by atoms with Gasteiger partial charge in [-0.05, 0) is 61.4 Å². The molecule has 0 unspecified atom stereocenters. The lowest BCUT2D eigenvalue weighted by atomic mass is 10.2. The second-order valence-electron chi connectivity index (χ2n) is 7.73. The summed E-state index contributed by atoms with van der Waals surface area (Å²) in [5.74, 6) is -1.51. The Labute approximate surface area is 208 Å².